The quantitative estimate of drug-likeness (QED) is 0.637. The molecule has 0 radical (unpaired) electrons. The molecule has 0 aromatic rings. The van der Waals surface area contributed by atoms with Crippen LogP contribution in [0.25, 0.3) is 0 Å². The van der Waals surface area contributed by atoms with Crippen LogP contribution in [0, 0.1) is 5.41 Å². The third-order valence-electron chi connectivity index (χ3n) is 1.57. The van der Waals surface area contributed by atoms with Crippen molar-refractivity contribution in [3.05, 3.63) is 0 Å². The van der Waals surface area contributed by atoms with Crippen LogP contribution in [0.4, 0.5) is 26.3 Å². The molecule has 0 fully saturated rings. The molecular formula is C5H6F6O. The number of halogens is 6. The summed E-state index contributed by atoms with van der Waals surface area (Å²) in [6, 6.07) is 0. The summed E-state index contributed by atoms with van der Waals surface area (Å²) in [5, 5.41) is 8.02. The highest BCUT2D eigenvalue weighted by Crippen LogP contribution is 2.49. The minimum Gasteiger partial charge on any atom is -0.395 e. The van der Waals surface area contributed by atoms with E-state index in [2.05, 4.69) is 0 Å². The van der Waals surface area contributed by atoms with Crippen LogP contribution in [-0.4, -0.2) is 24.1 Å². The van der Waals surface area contributed by atoms with Crippen LogP contribution in [-0.2, 0) is 0 Å². The number of alkyl halides is 6. The number of aliphatic hydroxyl groups is 1. The van der Waals surface area contributed by atoms with Crippen molar-refractivity contribution in [2.45, 2.75) is 19.3 Å². The van der Waals surface area contributed by atoms with Gasteiger partial charge in [0.2, 0.25) is 0 Å². The Balaban J connectivity index is 4.95. The number of hydrogen-bond donors (Lipinski definition) is 1. The van der Waals surface area contributed by atoms with E-state index in [1.165, 1.54) is 0 Å². The van der Waals surface area contributed by atoms with Crippen molar-refractivity contribution in [2.75, 3.05) is 6.61 Å². The van der Waals surface area contributed by atoms with Crippen LogP contribution in [0.1, 0.15) is 6.92 Å². The lowest BCUT2D eigenvalue weighted by Gasteiger charge is -2.31. The lowest BCUT2D eigenvalue weighted by molar-refractivity contribution is -0.342. The fourth-order valence-electron chi connectivity index (χ4n) is 0.340. The third kappa shape index (κ3) is 1.65. The molecule has 74 valence electrons. The van der Waals surface area contributed by atoms with Gasteiger partial charge in [-0.1, -0.05) is 0 Å². The highest BCUT2D eigenvalue weighted by Gasteiger charge is 2.67. The van der Waals surface area contributed by atoms with Gasteiger partial charge in [-0.05, 0) is 6.92 Å². The van der Waals surface area contributed by atoms with E-state index in [1.807, 2.05) is 0 Å². The van der Waals surface area contributed by atoms with E-state index in [0.717, 1.165) is 0 Å². The van der Waals surface area contributed by atoms with Crippen molar-refractivity contribution in [1.29, 1.82) is 0 Å². The Kier molecular flexibility index (Phi) is 2.68. The van der Waals surface area contributed by atoms with Crippen LogP contribution in [0.5, 0.6) is 0 Å². The van der Waals surface area contributed by atoms with Gasteiger partial charge in [-0.15, -0.1) is 0 Å². The molecule has 0 amide bonds. The van der Waals surface area contributed by atoms with E-state index in [9.17, 15) is 26.3 Å². The molecule has 0 aromatic heterocycles. The van der Waals surface area contributed by atoms with Crippen molar-refractivity contribution in [1.82, 2.24) is 0 Å². The standard InChI is InChI=1S/C5H6F6O/c1-3(2-12,4(6,7)8)5(9,10)11/h12H,2H2,1H3. The first-order chi connectivity index (χ1) is 5.06. The molecule has 0 aliphatic rings. The minimum atomic E-state index is -5.49. The van der Waals surface area contributed by atoms with E-state index in [4.69, 9.17) is 5.11 Å². The summed E-state index contributed by atoms with van der Waals surface area (Å²) in [5.74, 6) is 0. The van der Waals surface area contributed by atoms with Gasteiger partial charge < -0.3 is 5.11 Å². The molecule has 0 saturated carbocycles. The first kappa shape index (κ1) is 11.5. The van der Waals surface area contributed by atoms with Crippen LogP contribution in [0.3, 0.4) is 0 Å². The molecule has 0 aliphatic carbocycles. The average molecular weight is 196 g/mol. The second kappa shape index (κ2) is 2.79. The van der Waals surface area contributed by atoms with Crippen molar-refractivity contribution in [2.24, 2.45) is 5.41 Å². The van der Waals surface area contributed by atoms with Gasteiger partial charge >= 0.3 is 12.4 Å². The second-order valence-corrected chi connectivity index (χ2v) is 2.49. The maximum atomic E-state index is 11.7. The summed E-state index contributed by atoms with van der Waals surface area (Å²) < 4.78 is 70.3. The lowest BCUT2D eigenvalue weighted by atomic mass is 9.90. The summed E-state index contributed by atoms with van der Waals surface area (Å²) in [5.41, 5.74) is -4.03. The van der Waals surface area contributed by atoms with E-state index >= 15 is 0 Å². The van der Waals surface area contributed by atoms with E-state index in [-0.39, 0.29) is 6.92 Å². The maximum absolute atomic E-state index is 11.7. The molecule has 0 bridgehead atoms. The molecule has 0 heterocycles. The Morgan fingerprint density at radius 3 is 1.17 bits per heavy atom. The maximum Gasteiger partial charge on any atom is 0.405 e. The molecule has 0 aromatic carbocycles. The topological polar surface area (TPSA) is 20.2 Å². The van der Waals surface area contributed by atoms with Crippen molar-refractivity contribution in [3.8, 4) is 0 Å². The molecule has 12 heavy (non-hydrogen) atoms. The van der Waals surface area contributed by atoms with E-state index in [1.54, 1.807) is 0 Å². The normalized spacial score (nSPS) is 15.0. The summed E-state index contributed by atoms with van der Waals surface area (Å²) in [6.45, 7) is -2.09. The van der Waals surface area contributed by atoms with Crippen molar-refractivity contribution < 1.29 is 31.4 Å². The fraction of sp³-hybridized carbons (Fsp3) is 1.00. The lowest BCUT2D eigenvalue weighted by Crippen LogP contribution is -2.50. The minimum absolute atomic E-state index is 0.0903. The Morgan fingerprint density at radius 1 is 0.917 bits per heavy atom. The Bertz CT molecular complexity index is 142. The molecule has 0 saturated heterocycles. The van der Waals surface area contributed by atoms with Gasteiger partial charge in [0.1, 0.15) is 0 Å². The van der Waals surface area contributed by atoms with E-state index in [0.29, 0.717) is 0 Å². The van der Waals surface area contributed by atoms with Crippen LogP contribution < -0.4 is 0 Å². The monoisotopic (exact) mass is 196 g/mol. The molecule has 0 spiro atoms. The molecule has 0 aliphatic heterocycles. The summed E-state index contributed by atoms with van der Waals surface area (Å²) >= 11 is 0. The Hall–Kier alpha value is -0.460. The van der Waals surface area contributed by atoms with Crippen molar-refractivity contribution in [3.63, 3.8) is 0 Å². The van der Waals surface area contributed by atoms with Crippen LogP contribution in [0.15, 0.2) is 0 Å². The zero-order valence-electron chi connectivity index (χ0n) is 5.92. The van der Waals surface area contributed by atoms with Gasteiger partial charge in [0.15, 0.2) is 5.41 Å². The van der Waals surface area contributed by atoms with Gasteiger partial charge in [-0.3, -0.25) is 0 Å². The van der Waals surface area contributed by atoms with Gasteiger partial charge in [0.25, 0.3) is 0 Å². The van der Waals surface area contributed by atoms with Gasteiger partial charge in [0, 0.05) is 0 Å². The van der Waals surface area contributed by atoms with Gasteiger partial charge in [-0.2, -0.15) is 26.3 Å². The summed E-state index contributed by atoms with van der Waals surface area (Å²) in [4.78, 5) is 0. The largest absolute Gasteiger partial charge is 0.405 e. The molecule has 1 N–H and O–H groups in total. The van der Waals surface area contributed by atoms with E-state index < -0.39 is 24.4 Å². The van der Waals surface area contributed by atoms with Crippen molar-refractivity contribution >= 4 is 0 Å². The molecule has 1 nitrogen and oxygen atoms in total. The Morgan fingerprint density at radius 2 is 1.17 bits per heavy atom. The summed E-state index contributed by atoms with van der Waals surface area (Å²) in [7, 11) is 0. The summed E-state index contributed by atoms with van der Waals surface area (Å²) in [6.07, 6.45) is -11.0. The Labute approximate surface area is 64.0 Å². The van der Waals surface area contributed by atoms with Gasteiger partial charge in [-0.25, -0.2) is 0 Å². The molecule has 0 atom stereocenters. The number of hydrogen-bond acceptors (Lipinski definition) is 1. The smallest absolute Gasteiger partial charge is 0.395 e. The first-order valence-corrected chi connectivity index (χ1v) is 2.80. The van der Waals surface area contributed by atoms with Crippen LogP contribution in [0.2, 0.25) is 0 Å². The molecule has 0 rings (SSSR count). The molecule has 7 heteroatoms. The predicted octanol–water partition coefficient (Wildman–Crippen LogP) is 2.11. The SMILES string of the molecule is CC(CO)(C(F)(F)F)C(F)(F)F. The third-order valence-corrected chi connectivity index (χ3v) is 1.57. The highest BCUT2D eigenvalue weighted by atomic mass is 19.4. The zero-order chi connectivity index (χ0) is 10.2. The predicted molar refractivity (Wildman–Crippen MR) is 27.3 cm³/mol. The first-order valence-electron chi connectivity index (χ1n) is 2.80. The second-order valence-electron chi connectivity index (χ2n) is 2.49. The average Bonchev–Trinajstić information content (AvgIpc) is 1.81. The molecular weight excluding hydrogens is 190 g/mol. The number of rotatable bonds is 1. The van der Waals surface area contributed by atoms with Crippen LogP contribution >= 0.6 is 0 Å². The fourth-order valence-corrected chi connectivity index (χ4v) is 0.340. The molecule has 0 unspecified atom stereocenters. The zero-order valence-corrected chi connectivity index (χ0v) is 5.92. The van der Waals surface area contributed by atoms with Gasteiger partial charge in [0.05, 0.1) is 6.61 Å². The highest BCUT2D eigenvalue weighted by molar-refractivity contribution is 4.88. The number of aliphatic hydroxyl groups excluding tert-OH is 1.